The summed E-state index contributed by atoms with van der Waals surface area (Å²) in [6.07, 6.45) is 3.44. The molecule has 0 aliphatic carbocycles. The number of hydrogen-bond acceptors (Lipinski definition) is 2. The minimum absolute atomic E-state index is 0.0318. The molecule has 0 aromatic heterocycles. The fourth-order valence-corrected chi connectivity index (χ4v) is 1.43. The van der Waals surface area contributed by atoms with Crippen molar-refractivity contribution in [2.24, 2.45) is 5.73 Å². The van der Waals surface area contributed by atoms with Gasteiger partial charge in [0, 0.05) is 17.6 Å². The van der Waals surface area contributed by atoms with E-state index in [1.807, 2.05) is 0 Å². The number of amides is 1. The molecule has 0 spiro atoms. The second-order valence-electron chi connectivity index (χ2n) is 3.04. The Bertz CT molecular complexity index is 407. The number of rotatable bonds is 4. The molecule has 3 N–H and O–H groups in total. The molecule has 5 heteroatoms. The lowest BCUT2D eigenvalue weighted by Gasteiger charge is -2.03. The number of nitrogens with two attached hydrogens (primary N) is 1. The third-order valence-corrected chi connectivity index (χ3v) is 2.35. The van der Waals surface area contributed by atoms with Crippen LogP contribution in [0.5, 0.6) is 0 Å². The normalized spacial score (nSPS) is 10.7. The van der Waals surface area contributed by atoms with Crippen molar-refractivity contribution in [3.05, 3.63) is 46.2 Å². The van der Waals surface area contributed by atoms with Gasteiger partial charge in [-0.05, 0) is 18.2 Å². The van der Waals surface area contributed by atoms with Gasteiger partial charge in [0.1, 0.15) is 5.82 Å². The van der Waals surface area contributed by atoms with Crippen LogP contribution >= 0.6 is 15.9 Å². The number of hydrogen-bond donors (Lipinski definition) is 2. The van der Waals surface area contributed by atoms with Crippen molar-refractivity contribution in [1.82, 2.24) is 5.32 Å². The molecule has 0 saturated heterocycles. The number of halogens is 2. The molecule has 0 bridgehead atoms. The van der Waals surface area contributed by atoms with E-state index in [2.05, 4.69) is 21.2 Å². The molecule has 0 saturated carbocycles. The first-order valence-corrected chi connectivity index (χ1v) is 5.52. The maximum atomic E-state index is 13.3. The molecule has 0 aliphatic rings. The van der Waals surface area contributed by atoms with Crippen LogP contribution in [0, 0.1) is 5.82 Å². The molecule has 1 aromatic carbocycles. The van der Waals surface area contributed by atoms with Gasteiger partial charge < -0.3 is 11.1 Å². The van der Waals surface area contributed by atoms with Gasteiger partial charge >= 0.3 is 0 Å². The van der Waals surface area contributed by atoms with Gasteiger partial charge in [-0.1, -0.05) is 28.1 Å². The minimum atomic E-state index is -0.547. The van der Waals surface area contributed by atoms with Crippen LogP contribution in [0.1, 0.15) is 10.4 Å². The average Bonchev–Trinajstić information content (AvgIpc) is 2.24. The zero-order chi connectivity index (χ0) is 12.0. The van der Waals surface area contributed by atoms with Crippen LogP contribution < -0.4 is 11.1 Å². The van der Waals surface area contributed by atoms with Crippen molar-refractivity contribution in [2.45, 2.75) is 0 Å². The third-order valence-electron chi connectivity index (χ3n) is 1.86. The molecule has 0 unspecified atom stereocenters. The predicted molar refractivity (Wildman–Crippen MR) is 64.6 cm³/mol. The second-order valence-corrected chi connectivity index (χ2v) is 3.96. The molecule has 0 aliphatic heterocycles. The Labute approximate surface area is 102 Å². The van der Waals surface area contributed by atoms with E-state index in [9.17, 15) is 9.18 Å². The summed E-state index contributed by atoms with van der Waals surface area (Å²) in [4.78, 5) is 11.5. The summed E-state index contributed by atoms with van der Waals surface area (Å²) in [5.74, 6) is -0.985. The highest BCUT2D eigenvalue weighted by Gasteiger charge is 2.10. The van der Waals surface area contributed by atoms with Crippen LogP contribution in [-0.2, 0) is 0 Å². The van der Waals surface area contributed by atoms with Crippen molar-refractivity contribution >= 4 is 21.8 Å². The first-order chi connectivity index (χ1) is 7.65. The van der Waals surface area contributed by atoms with Crippen LogP contribution in [0.15, 0.2) is 34.8 Å². The SMILES string of the molecule is NC/C=C/CNC(=O)c1ccc(Br)cc1F. The molecule has 86 valence electrons. The third kappa shape index (κ3) is 3.75. The zero-order valence-electron chi connectivity index (χ0n) is 8.54. The van der Waals surface area contributed by atoms with Crippen LogP contribution in [0.2, 0.25) is 0 Å². The zero-order valence-corrected chi connectivity index (χ0v) is 10.1. The van der Waals surface area contributed by atoms with E-state index < -0.39 is 11.7 Å². The highest BCUT2D eigenvalue weighted by Crippen LogP contribution is 2.14. The van der Waals surface area contributed by atoms with Crippen LogP contribution in [-0.4, -0.2) is 19.0 Å². The van der Waals surface area contributed by atoms with Crippen molar-refractivity contribution in [3.63, 3.8) is 0 Å². The van der Waals surface area contributed by atoms with E-state index in [-0.39, 0.29) is 5.56 Å². The second kappa shape index (κ2) is 6.40. The smallest absolute Gasteiger partial charge is 0.254 e. The van der Waals surface area contributed by atoms with Gasteiger partial charge in [-0.25, -0.2) is 4.39 Å². The fourth-order valence-electron chi connectivity index (χ4n) is 1.10. The highest BCUT2D eigenvalue weighted by atomic mass is 79.9. The quantitative estimate of drug-likeness (QED) is 0.830. The van der Waals surface area contributed by atoms with Crippen LogP contribution in [0.25, 0.3) is 0 Å². The van der Waals surface area contributed by atoms with Crippen molar-refractivity contribution in [1.29, 1.82) is 0 Å². The average molecular weight is 287 g/mol. The predicted octanol–water partition coefficient (Wildman–Crippen LogP) is 1.83. The Hall–Kier alpha value is -1.20. The molecule has 1 amide bonds. The van der Waals surface area contributed by atoms with E-state index in [4.69, 9.17) is 5.73 Å². The summed E-state index contributed by atoms with van der Waals surface area (Å²) in [6.45, 7) is 0.758. The molecule has 0 radical (unpaired) electrons. The monoisotopic (exact) mass is 286 g/mol. The molecule has 0 fully saturated rings. The molecule has 1 rings (SSSR count). The molecule has 3 nitrogen and oxygen atoms in total. The maximum absolute atomic E-state index is 13.3. The lowest BCUT2D eigenvalue weighted by molar-refractivity contribution is 0.0954. The van der Waals surface area contributed by atoms with Gasteiger partial charge in [-0.3, -0.25) is 4.79 Å². The minimum Gasteiger partial charge on any atom is -0.348 e. The number of carbonyl (C=O) groups is 1. The van der Waals surface area contributed by atoms with Gasteiger partial charge in [-0.2, -0.15) is 0 Å². The Morgan fingerprint density at radius 2 is 2.25 bits per heavy atom. The summed E-state index contributed by atoms with van der Waals surface area (Å²) in [6, 6.07) is 4.31. The summed E-state index contributed by atoms with van der Waals surface area (Å²) in [5, 5.41) is 2.56. The molecular formula is C11H12BrFN2O. The lowest BCUT2D eigenvalue weighted by atomic mass is 10.2. The van der Waals surface area contributed by atoms with Gasteiger partial charge in [0.05, 0.1) is 5.56 Å². The number of carbonyl (C=O) groups excluding carboxylic acids is 1. The van der Waals surface area contributed by atoms with Gasteiger partial charge in [0.2, 0.25) is 0 Å². The Morgan fingerprint density at radius 1 is 1.50 bits per heavy atom. The number of nitrogens with one attached hydrogen (secondary N) is 1. The van der Waals surface area contributed by atoms with Crippen LogP contribution in [0.4, 0.5) is 4.39 Å². The largest absolute Gasteiger partial charge is 0.348 e. The maximum Gasteiger partial charge on any atom is 0.254 e. The van der Waals surface area contributed by atoms with Gasteiger partial charge in [0.15, 0.2) is 0 Å². The van der Waals surface area contributed by atoms with Crippen molar-refractivity contribution in [3.8, 4) is 0 Å². The summed E-state index contributed by atoms with van der Waals surface area (Å²) in [5.41, 5.74) is 5.26. The standard InChI is InChI=1S/C11H12BrFN2O/c12-8-3-4-9(10(13)7-8)11(16)15-6-2-1-5-14/h1-4,7H,5-6,14H2,(H,15,16)/b2-1+. The van der Waals surface area contributed by atoms with E-state index in [1.165, 1.54) is 12.1 Å². The van der Waals surface area contributed by atoms with Crippen LogP contribution in [0.3, 0.4) is 0 Å². The van der Waals surface area contributed by atoms with Gasteiger partial charge in [0.25, 0.3) is 5.91 Å². The van der Waals surface area contributed by atoms with E-state index >= 15 is 0 Å². The molecule has 1 aromatic rings. The fraction of sp³-hybridized carbons (Fsp3) is 0.182. The van der Waals surface area contributed by atoms with Crippen molar-refractivity contribution < 1.29 is 9.18 Å². The molecule has 0 atom stereocenters. The Morgan fingerprint density at radius 3 is 2.88 bits per heavy atom. The van der Waals surface area contributed by atoms with E-state index in [0.29, 0.717) is 17.6 Å². The molecular weight excluding hydrogens is 275 g/mol. The Kier molecular flexibility index (Phi) is 5.14. The summed E-state index contributed by atoms with van der Waals surface area (Å²) < 4.78 is 13.9. The molecule has 0 heterocycles. The topological polar surface area (TPSA) is 55.1 Å². The Balaban J connectivity index is 2.63. The molecule has 16 heavy (non-hydrogen) atoms. The summed E-state index contributed by atoms with van der Waals surface area (Å²) >= 11 is 3.12. The van der Waals surface area contributed by atoms with E-state index in [1.54, 1.807) is 18.2 Å². The van der Waals surface area contributed by atoms with E-state index in [0.717, 1.165) is 0 Å². The number of benzene rings is 1. The lowest BCUT2D eigenvalue weighted by Crippen LogP contribution is -2.24. The van der Waals surface area contributed by atoms with Crippen molar-refractivity contribution in [2.75, 3.05) is 13.1 Å². The summed E-state index contributed by atoms with van der Waals surface area (Å²) in [7, 11) is 0. The first kappa shape index (κ1) is 12.9. The first-order valence-electron chi connectivity index (χ1n) is 4.73. The highest BCUT2D eigenvalue weighted by molar-refractivity contribution is 9.10. The van der Waals surface area contributed by atoms with Gasteiger partial charge in [-0.15, -0.1) is 0 Å².